The maximum atomic E-state index is 10.4. The molecule has 0 N–H and O–H groups in total. The van der Waals surface area contributed by atoms with Gasteiger partial charge in [-0.1, -0.05) is 40.0 Å². The Balaban J connectivity index is 1.51. The molecule has 0 aliphatic carbocycles. The summed E-state index contributed by atoms with van der Waals surface area (Å²) in [6.45, 7) is 9.11. The van der Waals surface area contributed by atoms with Crippen LogP contribution >= 0.6 is 22.7 Å². The minimum Gasteiger partial charge on any atom is -0.496 e. The Kier molecular flexibility index (Phi) is 10.9. The van der Waals surface area contributed by atoms with Crippen molar-refractivity contribution in [3.63, 3.8) is 0 Å². The molecule has 0 fully saturated rings. The van der Waals surface area contributed by atoms with Crippen LogP contribution in [0.4, 0.5) is 0 Å². The van der Waals surface area contributed by atoms with Crippen LogP contribution in [-0.4, -0.2) is 40.1 Å². The van der Waals surface area contributed by atoms with Crippen LogP contribution in [0.25, 0.3) is 23.3 Å². The summed E-state index contributed by atoms with van der Waals surface area (Å²) >= 11 is 2.90. The highest BCUT2D eigenvalue weighted by atomic mass is 32.1. The zero-order chi connectivity index (χ0) is 31.8. The summed E-state index contributed by atoms with van der Waals surface area (Å²) in [5, 5.41) is 24.4. The number of nitriles is 2. The monoisotopic (exact) mass is 646 g/mol. The molecule has 1 unspecified atom stereocenters. The first-order valence-electron chi connectivity index (χ1n) is 15.2. The van der Waals surface area contributed by atoms with Gasteiger partial charge < -0.3 is 28.4 Å². The number of hydrogen-bond acceptors (Lipinski definition) is 10. The molecule has 45 heavy (non-hydrogen) atoms. The van der Waals surface area contributed by atoms with Crippen LogP contribution in [0.2, 0.25) is 0 Å². The molecule has 236 valence electrons. The van der Waals surface area contributed by atoms with Gasteiger partial charge in [-0.3, -0.25) is 0 Å². The summed E-state index contributed by atoms with van der Waals surface area (Å²) in [6.07, 6.45) is 7.98. The molecular weight excluding hydrogens is 609 g/mol. The van der Waals surface area contributed by atoms with Gasteiger partial charge in [-0.15, -0.1) is 22.7 Å². The molecule has 10 heteroatoms. The van der Waals surface area contributed by atoms with Crippen LogP contribution in [0.1, 0.15) is 67.3 Å². The Bertz CT molecular complexity index is 1640. The molecule has 0 saturated heterocycles. The molecule has 2 aliphatic heterocycles. The molecule has 2 aliphatic rings. The van der Waals surface area contributed by atoms with Gasteiger partial charge in [0.15, 0.2) is 23.0 Å². The van der Waals surface area contributed by atoms with Crippen molar-refractivity contribution in [2.75, 3.05) is 40.1 Å². The van der Waals surface area contributed by atoms with Crippen LogP contribution in [-0.2, 0) is 0 Å². The topological polar surface area (TPSA) is 103 Å². The summed E-state index contributed by atoms with van der Waals surface area (Å²) in [5.41, 5.74) is 1.90. The second-order valence-corrected chi connectivity index (χ2v) is 13.3. The van der Waals surface area contributed by atoms with Crippen LogP contribution in [0.15, 0.2) is 22.9 Å². The van der Waals surface area contributed by atoms with Crippen molar-refractivity contribution in [3.05, 3.63) is 43.8 Å². The molecule has 3 aromatic rings. The molecule has 0 saturated carbocycles. The fraction of sp³-hybridized carbons (Fsp3) is 0.429. The highest BCUT2D eigenvalue weighted by Crippen LogP contribution is 2.45. The number of benzene rings is 1. The molecular formula is C35H38N2O6S2. The molecule has 5 rings (SSSR count). The van der Waals surface area contributed by atoms with E-state index >= 15 is 0 Å². The number of nitrogens with zero attached hydrogens (tertiary/aromatic N) is 2. The minimum atomic E-state index is 0.379. The van der Waals surface area contributed by atoms with Crippen LogP contribution in [0.5, 0.6) is 34.5 Å². The number of fused-ring (bicyclic) bond motifs is 2. The normalized spacial score (nSPS) is 14.9. The molecule has 0 spiro atoms. The zero-order valence-electron chi connectivity index (χ0n) is 26.1. The van der Waals surface area contributed by atoms with Gasteiger partial charge in [0.25, 0.3) is 0 Å². The lowest BCUT2D eigenvalue weighted by molar-refractivity contribution is 0.173. The SMILES string of the molecule is COc1cc(/C(C#N)=C/c2scc3c2OCCO3)c(OCCC(C)CCCC(C)C)cc1/C(C#N)=C/c1scc2c1OCCO2. The van der Waals surface area contributed by atoms with Gasteiger partial charge in [-0.25, -0.2) is 0 Å². The summed E-state index contributed by atoms with van der Waals surface area (Å²) in [4.78, 5) is 1.57. The number of rotatable bonds is 13. The van der Waals surface area contributed by atoms with Crippen molar-refractivity contribution in [2.45, 2.75) is 46.5 Å². The third kappa shape index (κ3) is 7.76. The number of allylic oxidation sites excluding steroid dienone is 2. The molecule has 8 nitrogen and oxygen atoms in total. The van der Waals surface area contributed by atoms with E-state index in [1.807, 2.05) is 10.8 Å². The Morgan fingerprint density at radius 2 is 1.33 bits per heavy atom. The highest BCUT2D eigenvalue weighted by Gasteiger charge is 2.23. The first kappa shape index (κ1) is 32.3. The average Bonchev–Trinajstić information content (AvgIpc) is 3.66. The van der Waals surface area contributed by atoms with Gasteiger partial charge in [0.1, 0.15) is 37.9 Å². The fourth-order valence-electron chi connectivity index (χ4n) is 5.23. The summed E-state index contributed by atoms with van der Waals surface area (Å²) in [7, 11) is 1.55. The maximum absolute atomic E-state index is 10.4. The fourth-order valence-corrected chi connectivity index (χ4v) is 6.95. The number of thiophene rings is 2. The predicted molar refractivity (Wildman–Crippen MR) is 179 cm³/mol. The summed E-state index contributed by atoms with van der Waals surface area (Å²) in [5.74, 6) is 4.77. The van der Waals surface area contributed by atoms with E-state index in [4.69, 9.17) is 28.4 Å². The second kappa shape index (κ2) is 15.2. The first-order chi connectivity index (χ1) is 21.9. The smallest absolute Gasteiger partial charge is 0.179 e. The highest BCUT2D eigenvalue weighted by molar-refractivity contribution is 7.12. The predicted octanol–water partition coefficient (Wildman–Crippen LogP) is 8.72. The summed E-state index contributed by atoms with van der Waals surface area (Å²) < 4.78 is 35.3. The lowest BCUT2D eigenvalue weighted by Gasteiger charge is -2.18. The molecule has 0 amide bonds. The van der Waals surface area contributed by atoms with Gasteiger partial charge >= 0.3 is 0 Å². The van der Waals surface area contributed by atoms with E-state index in [-0.39, 0.29) is 0 Å². The molecule has 0 bridgehead atoms. The molecule has 1 atom stereocenters. The third-order valence-corrected chi connectivity index (χ3v) is 9.45. The van der Waals surface area contributed by atoms with Crippen molar-refractivity contribution in [1.29, 1.82) is 10.5 Å². The number of methoxy groups -OCH3 is 1. The minimum absolute atomic E-state index is 0.379. The van der Waals surface area contributed by atoms with E-state index in [2.05, 4.69) is 32.9 Å². The standard InChI is InChI=1S/C35H38N2O6S2/c1-22(2)6-5-7-23(3)8-9-39-29-17-26(24(18-36)14-32-34-30(20-44-32)40-10-12-42-34)28(38-4)16-27(29)25(19-37)15-33-35-31(21-45-33)41-11-13-43-35/h14-17,20-23H,5-13H2,1-4H3/b24-14+,25-15+. The van der Waals surface area contributed by atoms with Crippen LogP contribution < -0.4 is 28.4 Å². The Hall–Kier alpha value is -4.12. The lowest BCUT2D eigenvalue weighted by Crippen LogP contribution is -2.14. The van der Waals surface area contributed by atoms with E-state index in [0.717, 1.165) is 22.6 Å². The quantitative estimate of drug-likeness (QED) is 0.170. The summed E-state index contributed by atoms with van der Waals surface area (Å²) in [6, 6.07) is 8.27. The van der Waals surface area contributed by atoms with Gasteiger partial charge in [0.2, 0.25) is 0 Å². The van der Waals surface area contributed by atoms with E-state index in [1.54, 1.807) is 31.4 Å². The van der Waals surface area contributed by atoms with Gasteiger partial charge in [0.05, 0.1) is 46.8 Å². The van der Waals surface area contributed by atoms with Crippen molar-refractivity contribution in [3.8, 4) is 46.6 Å². The van der Waals surface area contributed by atoms with E-state index in [1.165, 1.54) is 35.5 Å². The molecule has 2 aromatic heterocycles. The molecule has 0 radical (unpaired) electrons. The largest absolute Gasteiger partial charge is 0.496 e. The third-order valence-electron chi connectivity index (χ3n) is 7.68. The zero-order valence-corrected chi connectivity index (χ0v) is 27.8. The average molecular weight is 647 g/mol. The maximum Gasteiger partial charge on any atom is 0.179 e. The van der Waals surface area contributed by atoms with Crippen molar-refractivity contribution in [2.24, 2.45) is 11.8 Å². The van der Waals surface area contributed by atoms with Crippen molar-refractivity contribution < 1.29 is 28.4 Å². The molecule has 1 aromatic carbocycles. The lowest BCUT2D eigenvalue weighted by atomic mass is 9.97. The first-order valence-corrected chi connectivity index (χ1v) is 17.0. The van der Waals surface area contributed by atoms with Crippen molar-refractivity contribution >= 4 is 46.0 Å². The van der Waals surface area contributed by atoms with Gasteiger partial charge in [0, 0.05) is 21.9 Å². The van der Waals surface area contributed by atoms with Crippen LogP contribution in [0.3, 0.4) is 0 Å². The molecule has 4 heterocycles. The van der Waals surface area contributed by atoms with Gasteiger partial charge in [-0.05, 0) is 42.5 Å². The Morgan fingerprint density at radius 1 is 0.800 bits per heavy atom. The Morgan fingerprint density at radius 3 is 1.87 bits per heavy atom. The van der Waals surface area contributed by atoms with Gasteiger partial charge in [-0.2, -0.15) is 10.5 Å². The van der Waals surface area contributed by atoms with Crippen molar-refractivity contribution in [1.82, 2.24) is 0 Å². The van der Waals surface area contributed by atoms with Crippen LogP contribution in [0, 0.1) is 34.5 Å². The van der Waals surface area contributed by atoms with E-state index in [9.17, 15) is 10.5 Å². The number of hydrogen-bond donors (Lipinski definition) is 0. The second-order valence-electron chi connectivity index (χ2n) is 11.4. The Labute approximate surface area is 273 Å². The van der Waals surface area contributed by atoms with E-state index < -0.39 is 0 Å². The number of ether oxygens (including phenoxy) is 6. The van der Waals surface area contributed by atoms with E-state index in [0.29, 0.717) is 102 Å².